The minimum Gasteiger partial charge on any atom is -0.466 e. The van der Waals surface area contributed by atoms with E-state index in [-0.39, 0.29) is 29.6 Å². The van der Waals surface area contributed by atoms with E-state index >= 15 is 0 Å². The molecule has 4 rings (SSSR count). The summed E-state index contributed by atoms with van der Waals surface area (Å²) in [5, 5.41) is 3.23. The van der Waals surface area contributed by atoms with Crippen LogP contribution in [-0.4, -0.2) is 68.2 Å². The van der Waals surface area contributed by atoms with Crippen LogP contribution in [-0.2, 0) is 32.5 Å². The van der Waals surface area contributed by atoms with Gasteiger partial charge in [0.2, 0.25) is 10.0 Å². The maximum Gasteiger partial charge on any atom is 0.310 e. The van der Waals surface area contributed by atoms with Gasteiger partial charge < -0.3 is 15.8 Å². The normalized spacial score (nSPS) is 18.5. The summed E-state index contributed by atoms with van der Waals surface area (Å²) in [5.41, 5.74) is 7.18. The fourth-order valence-corrected chi connectivity index (χ4v) is 7.84. The van der Waals surface area contributed by atoms with Crippen LogP contribution in [0.3, 0.4) is 0 Å². The van der Waals surface area contributed by atoms with Crippen LogP contribution in [0.4, 0.5) is 5.00 Å². The first-order valence-corrected chi connectivity index (χ1v) is 15.2. The Morgan fingerprint density at radius 3 is 2.55 bits per heavy atom. The number of nitrogens with zero attached hydrogens (tertiary/aromatic N) is 2. The van der Waals surface area contributed by atoms with E-state index in [9.17, 15) is 22.8 Å². The van der Waals surface area contributed by atoms with Crippen LogP contribution >= 0.6 is 11.3 Å². The molecule has 38 heavy (non-hydrogen) atoms. The van der Waals surface area contributed by atoms with Gasteiger partial charge in [0.15, 0.2) is 0 Å². The molecule has 0 aliphatic carbocycles. The number of carbonyl (C=O) groups is 3. The molecular formula is C26H34N4O6S2. The van der Waals surface area contributed by atoms with Gasteiger partial charge in [-0.1, -0.05) is 6.92 Å². The molecule has 1 fully saturated rings. The smallest absolute Gasteiger partial charge is 0.310 e. The number of carbonyl (C=O) groups excluding carboxylic acids is 3. The number of hydrogen-bond acceptors (Lipinski definition) is 8. The minimum atomic E-state index is -3.84. The number of hydrogen-bond donors (Lipinski definition) is 2. The Labute approximate surface area is 227 Å². The Bertz CT molecular complexity index is 1310. The third-order valence-electron chi connectivity index (χ3n) is 6.91. The molecule has 0 saturated carbocycles. The van der Waals surface area contributed by atoms with Crippen LogP contribution in [0.25, 0.3) is 0 Å². The van der Waals surface area contributed by atoms with Gasteiger partial charge in [-0.05, 0) is 69.0 Å². The maximum atomic E-state index is 13.2. The number of sulfonamides is 1. The predicted molar refractivity (Wildman–Crippen MR) is 145 cm³/mol. The average molecular weight is 563 g/mol. The number of amides is 2. The van der Waals surface area contributed by atoms with Gasteiger partial charge in [-0.15, -0.1) is 11.3 Å². The second-order valence-electron chi connectivity index (χ2n) is 9.53. The monoisotopic (exact) mass is 562 g/mol. The molecule has 3 heterocycles. The third-order valence-corrected chi connectivity index (χ3v) is 9.92. The molecule has 0 bridgehead atoms. The van der Waals surface area contributed by atoms with E-state index in [4.69, 9.17) is 10.5 Å². The standard InChI is InChI=1S/C26H34N4O6S2/c1-3-12-29-14-11-20-21(16-29)37-25(22(20)23(27)31)28-24(32)17-7-9-19(10-8-17)38(34,35)30-13-5-6-18(15-30)26(33)36-4-2/h7-10,18H,3-6,11-16H2,1-2H3,(H2,27,31)(H,28,32). The second kappa shape index (κ2) is 11.9. The van der Waals surface area contributed by atoms with Gasteiger partial charge in [0.05, 0.1) is 23.0 Å². The molecule has 12 heteroatoms. The molecule has 1 aromatic carbocycles. The fraction of sp³-hybridized carbons (Fsp3) is 0.500. The number of anilines is 1. The molecule has 206 valence electrons. The van der Waals surface area contributed by atoms with Gasteiger partial charge in [0.25, 0.3) is 11.8 Å². The number of ether oxygens (including phenoxy) is 1. The summed E-state index contributed by atoms with van der Waals surface area (Å²) in [6, 6.07) is 5.65. The summed E-state index contributed by atoms with van der Waals surface area (Å²) in [6.07, 6.45) is 2.87. The quantitative estimate of drug-likeness (QED) is 0.448. The number of nitrogens with one attached hydrogen (secondary N) is 1. The zero-order chi connectivity index (χ0) is 27.4. The fourth-order valence-electron chi connectivity index (χ4n) is 5.03. The maximum absolute atomic E-state index is 13.2. The van der Waals surface area contributed by atoms with E-state index in [1.807, 2.05) is 0 Å². The topological polar surface area (TPSA) is 139 Å². The summed E-state index contributed by atoms with van der Waals surface area (Å²) in [6.45, 7) is 6.97. The molecular weight excluding hydrogens is 528 g/mol. The van der Waals surface area contributed by atoms with E-state index in [0.717, 1.165) is 30.0 Å². The molecule has 1 saturated heterocycles. The minimum absolute atomic E-state index is 0.0407. The lowest BCUT2D eigenvalue weighted by Crippen LogP contribution is -2.42. The van der Waals surface area contributed by atoms with Crippen molar-refractivity contribution in [2.24, 2.45) is 11.7 Å². The van der Waals surface area contributed by atoms with Crippen molar-refractivity contribution in [1.29, 1.82) is 0 Å². The first-order valence-electron chi connectivity index (χ1n) is 12.9. The molecule has 1 aromatic heterocycles. The SMILES string of the molecule is CCCN1CCc2c(sc(NC(=O)c3ccc(S(=O)(=O)N4CCCC(C(=O)OCC)C4)cc3)c2C(N)=O)C1. The first-order chi connectivity index (χ1) is 18.1. The van der Waals surface area contributed by atoms with Gasteiger partial charge in [0.1, 0.15) is 5.00 Å². The van der Waals surface area contributed by atoms with Gasteiger partial charge >= 0.3 is 5.97 Å². The van der Waals surface area contributed by atoms with Crippen molar-refractivity contribution in [1.82, 2.24) is 9.21 Å². The number of primary amides is 1. The molecule has 0 spiro atoms. The predicted octanol–water partition coefficient (Wildman–Crippen LogP) is 2.83. The Morgan fingerprint density at radius 2 is 1.89 bits per heavy atom. The molecule has 1 unspecified atom stereocenters. The van der Waals surface area contributed by atoms with Gasteiger partial charge in [-0.2, -0.15) is 4.31 Å². The van der Waals surface area contributed by atoms with Gasteiger partial charge in [-0.3, -0.25) is 19.3 Å². The molecule has 10 nitrogen and oxygen atoms in total. The van der Waals surface area contributed by atoms with Crippen LogP contribution < -0.4 is 11.1 Å². The van der Waals surface area contributed by atoms with E-state index in [1.165, 1.54) is 39.9 Å². The van der Waals surface area contributed by atoms with Gasteiger partial charge in [-0.25, -0.2) is 8.42 Å². The molecule has 2 aliphatic heterocycles. The van der Waals surface area contributed by atoms with Crippen molar-refractivity contribution >= 4 is 44.1 Å². The zero-order valence-corrected chi connectivity index (χ0v) is 23.3. The molecule has 2 aromatic rings. The number of thiophene rings is 1. The average Bonchev–Trinajstić information content (AvgIpc) is 3.26. The number of nitrogens with two attached hydrogens (primary N) is 1. The van der Waals surface area contributed by atoms with Crippen molar-refractivity contribution in [2.75, 3.05) is 38.1 Å². The Morgan fingerprint density at radius 1 is 1.16 bits per heavy atom. The van der Waals surface area contributed by atoms with Crippen molar-refractivity contribution in [3.05, 3.63) is 45.8 Å². The summed E-state index contributed by atoms with van der Waals surface area (Å²) in [7, 11) is -3.84. The molecule has 3 N–H and O–H groups in total. The number of rotatable bonds is 9. The Balaban J connectivity index is 1.48. The van der Waals surface area contributed by atoms with Crippen molar-refractivity contribution in [2.45, 2.75) is 51.0 Å². The summed E-state index contributed by atoms with van der Waals surface area (Å²) < 4.78 is 32.8. The van der Waals surface area contributed by atoms with Crippen LogP contribution in [0.5, 0.6) is 0 Å². The molecule has 1 atom stereocenters. The van der Waals surface area contributed by atoms with Crippen LogP contribution in [0, 0.1) is 5.92 Å². The highest BCUT2D eigenvalue weighted by atomic mass is 32.2. The summed E-state index contributed by atoms with van der Waals surface area (Å²) >= 11 is 1.36. The highest BCUT2D eigenvalue weighted by Crippen LogP contribution is 2.37. The number of fused-ring (bicyclic) bond motifs is 1. The molecule has 0 radical (unpaired) electrons. The van der Waals surface area contributed by atoms with Crippen LogP contribution in [0.2, 0.25) is 0 Å². The molecule has 2 aliphatic rings. The van der Waals surface area contributed by atoms with Crippen molar-refractivity contribution in [3.8, 4) is 0 Å². The largest absolute Gasteiger partial charge is 0.466 e. The second-order valence-corrected chi connectivity index (χ2v) is 12.6. The Kier molecular flexibility index (Phi) is 8.86. The molecule has 2 amide bonds. The Hall–Kier alpha value is -2.80. The first kappa shape index (κ1) is 28.2. The number of esters is 1. The lowest BCUT2D eigenvalue weighted by atomic mass is 10.0. The number of benzene rings is 1. The van der Waals surface area contributed by atoms with E-state index in [2.05, 4.69) is 17.1 Å². The summed E-state index contributed by atoms with van der Waals surface area (Å²) in [5.74, 6) is -1.91. The van der Waals surface area contributed by atoms with Crippen LogP contribution in [0.1, 0.15) is 64.3 Å². The highest BCUT2D eigenvalue weighted by Gasteiger charge is 2.34. The van der Waals surface area contributed by atoms with Gasteiger partial charge in [0, 0.05) is 36.6 Å². The van der Waals surface area contributed by atoms with Crippen molar-refractivity contribution < 1.29 is 27.5 Å². The zero-order valence-electron chi connectivity index (χ0n) is 21.7. The lowest BCUT2D eigenvalue weighted by Gasteiger charge is -2.30. The van der Waals surface area contributed by atoms with E-state index in [0.29, 0.717) is 42.9 Å². The van der Waals surface area contributed by atoms with Crippen molar-refractivity contribution in [3.63, 3.8) is 0 Å². The number of piperidine rings is 1. The summed E-state index contributed by atoms with van der Waals surface area (Å²) in [4.78, 5) is 40.8. The van der Waals surface area contributed by atoms with E-state index in [1.54, 1.807) is 6.92 Å². The highest BCUT2D eigenvalue weighted by molar-refractivity contribution is 7.89. The van der Waals surface area contributed by atoms with E-state index < -0.39 is 27.8 Å². The third kappa shape index (κ3) is 5.93. The lowest BCUT2D eigenvalue weighted by molar-refractivity contribution is -0.149. The van der Waals surface area contributed by atoms with Crippen LogP contribution in [0.15, 0.2) is 29.2 Å².